The van der Waals surface area contributed by atoms with Gasteiger partial charge in [-0.3, -0.25) is 4.79 Å². The molecule has 0 atom stereocenters. The summed E-state index contributed by atoms with van der Waals surface area (Å²) in [6.45, 7) is 9.41. The number of allylic oxidation sites excluding steroid dienone is 7. The van der Waals surface area contributed by atoms with Crippen molar-refractivity contribution in [3.8, 4) is 0 Å². The molecule has 0 heterocycles. The minimum absolute atomic E-state index is 0.0936. The third-order valence-corrected chi connectivity index (χ3v) is 1.97. The van der Waals surface area contributed by atoms with Gasteiger partial charge in [-0.1, -0.05) is 56.9 Å². The van der Waals surface area contributed by atoms with E-state index in [-0.39, 0.29) is 11.7 Å². The van der Waals surface area contributed by atoms with Gasteiger partial charge in [-0.25, -0.2) is 0 Å². The van der Waals surface area contributed by atoms with Crippen LogP contribution in [-0.4, -0.2) is 5.78 Å². The summed E-state index contributed by atoms with van der Waals surface area (Å²) >= 11 is 0. The van der Waals surface area contributed by atoms with E-state index in [9.17, 15) is 4.79 Å². The van der Waals surface area contributed by atoms with Gasteiger partial charge in [0.1, 0.15) is 5.78 Å². The zero-order valence-corrected chi connectivity index (χ0v) is 9.86. The van der Waals surface area contributed by atoms with Gasteiger partial charge in [0.2, 0.25) is 0 Å². The van der Waals surface area contributed by atoms with Crippen LogP contribution in [0, 0.1) is 5.92 Å². The summed E-state index contributed by atoms with van der Waals surface area (Å²) in [5, 5.41) is 0. The molecule has 0 unspecified atom stereocenters. The Morgan fingerprint density at radius 2 is 2.00 bits per heavy atom. The van der Waals surface area contributed by atoms with Crippen molar-refractivity contribution in [3.05, 3.63) is 48.6 Å². The molecule has 82 valence electrons. The van der Waals surface area contributed by atoms with Crippen molar-refractivity contribution in [1.29, 1.82) is 0 Å². The number of carbonyl (C=O) groups is 1. The predicted molar refractivity (Wildman–Crippen MR) is 66.7 cm³/mol. The zero-order valence-electron chi connectivity index (χ0n) is 9.86. The van der Waals surface area contributed by atoms with Crippen LogP contribution in [0.4, 0.5) is 0 Å². The van der Waals surface area contributed by atoms with E-state index in [0.717, 1.165) is 5.57 Å². The molecule has 0 aromatic rings. The molecule has 0 aromatic heterocycles. The van der Waals surface area contributed by atoms with Crippen molar-refractivity contribution >= 4 is 5.78 Å². The highest BCUT2D eigenvalue weighted by Crippen LogP contribution is 2.09. The lowest BCUT2D eigenvalue weighted by molar-refractivity contribution is -0.121. The van der Waals surface area contributed by atoms with Gasteiger partial charge in [0.25, 0.3) is 0 Å². The number of ketones is 1. The second kappa shape index (κ2) is 7.98. The molecule has 0 N–H and O–H groups in total. The smallest absolute Gasteiger partial charge is 0.139 e. The maximum Gasteiger partial charge on any atom is 0.139 e. The average molecular weight is 204 g/mol. The maximum atomic E-state index is 11.6. The SMILES string of the molecule is C=C\C=C/C(=C\C=C/C)CC(=O)C(C)C. The minimum atomic E-state index is 0.0936. The molecule has 1 nitrogen and oxygen atoms in total. The number of hydrogen-bond acceptors (Lipinski definition) is 1. The van der Waals surface area contributed by atoms with E-state index in [2.05, 4.69) is 6.58 Å². The van der Waals surface area contributed by atoms with Crippen LogP contribution < -0.4 is 0 Å². The van der Waals surface area contributed by atoms with Crippen LogP contribution in [0.1, 0.15) is 27.2 Å². The molecule has 0 bridgehead atoms. The Balaban J connectivity index is 4.58. The maximum absolute atomic E-state index is 11.6. The minimum Gasteiger partial charge on any atom is -0.299 e. The number of carbonyl (C=O) groups excluding carboxylic acids is 1. The van der Waals surface area contributed by atoms with Gasteiger partial charge in [0.15, 0.2) is 0 Å². The highest BCUT2D eigenvalue weighted by molar-refractivity contribution is 5.83. The predicted octanol–water partition coefficient (Wildman–Crippen LogP) is 3.85. The first-order chi connectivity index (χ1) is 7.11. The van der Waals surface area contributed by atoms with Gasteiger partial charge >= 0.3 is 0 Å². The topological polar surface area (TPSA) is 17.1 Å². The van der Waals surface area contributed by atoms with Crippen molar-refractivity contribution in [2.24, 2.45) is 5.92 Å². The Bertz CT molecular complexity index is 290. The van der Waals surface area contributed by atoms with Gasteiger partial charge in [-0.15, -0.1) is 0 Å². The van der Waals surface area contributed by atoms with Gasteiger partial charge in [-0.2, -0.15) is 0 Å². The van der Waals surface area contributed by atoms with Crippen molar-refractivity contribution in [3.63, 3.8) is 0 Å². The van der Waals surface area contributed by atoms with E-state index in [1.165, 1.54) is 0 Å². The average Bonchev–Trinajstić information content (AvgIpc) is 2.21. The summed E-state index contributed by atoms with van der Waals surface area (Å²) in [5.74, 6) is 0.357. The molecule has 0 aromatic carbocycles. The Morgan fingerprint density at radius 3 is 2.47 bits per heavy atom. The molecule has 0 spiro atoms. The largest absolute Gasteiger partial charge is 0.299 e. The molecule has 0 amide bonds. The highest BCUT2D eigenvalue weighted by Gasteiger charge is 2.07. The van der Waals surface area contributed by atoms with E-state index in [1.807, 2.05) is 51.2 Å². The summed E-state index contributed by atoms with van der Waals surface area (Å²) in [6, 6.07) is 0. The van der Waals surface area contributed by atoms with E-state index >= 15 is 0 Å². The van der Waals surface area contributed by atoms with Gasteiger partial charge < -0.3 is 0 Å². The monoisotopic (exact) mass is 204 g/mol. The van der Waals surface area contributed by atoms with Gasteiger partial charge in [0, 0.05) is 12.3 Å². The molecule has 0 aliphatic heterocycles. The fraction of sp³-hybridized carbons (Fsp3) is 0.357. The molecule has 0 aliphatic rings. The normalized spacial score (nSPS) is 12.9. The number of hydrogen-bond donors (Lipinski definition) is 0. The third kappa shape index (κ3) is 6.67. The molecule has 15 heavy (non-hydrogen) atoms. The van der Waals surface area contributed by atoms with Crippen LogP contribution in [0.3, 0.4) is 0 Å². The zero-order chi connectivity index (χ0) is 11.7. The van der Waals surface area contributed by atoms with Crippen LogP contribution in [0.5, 0.6) is 0 Å². The summed E-state index contributed by atoms with van der Waals surface area (Å²) in [5.41, 5.74) is 1.02. The highest BCUT2D eigenvalue weighted by atomic mass is 16.1. The fourth-order valence-electron chi connectivity index (χ4n) is 0.990. The first-order valence-electron chi connectivity index (χ1n) is 5.25. The molecule has 0 rings (SSSR count). The van der Waals surface area contributed by atoms with E-state index in [4.69, 9.17) is 0 Å². The van der Waals surface area contributed by atoms with Crippen LogP contribution in [0.15, 0.2) is 48.6 Å². The molecule has 0 aliphatic carbocycles. The van der Waals surface area contributed by atoms with Crippen LogP contribution in [0.2, 0.25) is 0 Å². The molecule has 0 saturated carbocycles. The van der Waals surface area contributed by atoms with E-state index in [0.29, 0.717) is 6.42 Å². The van der Waals surface area contributed by atoms with E-state index < -0.39 is 0 Å². The second-order valence-corrected chi connectivity index (χ2v) is 3.66. The first-order valence-corrected chi connectivity index (χ1v) is 5.25. The van der Waals surface area contributed by atoms with Gasteiger partial charge in [-0.05, 0) is 12.5 Å². The van der Waals surface area contributed by atoms with Crippen LogP contribution in [-0.2, 0) is 4.79 Å². The summed E-state index contributed by atoms with van der Waals surface area (Å²) < 4.78 is 0. The molecule has 0 radical (unpaired) electrons. The standard InChI is InChI=1S/C14H20O/c1-5-7-9-13(10-8-6-2)11-14(15)12(3)4/h5-10,12H,1,11H2,2-4H3/b8-6-,9-7-,13-10+. The van der Waals surface area contributed by atoms with Crippen molar-refractivity contribution in [2.75, 3.05) is 0 Å². The van der Waals surface area contributed by atoms with Crippen molar-refractivity contribution in [1.82, 2.24) is 0 Å². The Hall–Kier alpha value is -1.37. The molecule has 0 fully saturated rings. The number of Topliss-reactive ketones (excluding diaryl/α,β-unsaturated/α-hetero) is 1. The quantitative estimate of drug-likeness (QED) is 0.601. The molecular formula is C14H20O. The lowest BCUT2D eigenvalue weighted by Crippen LogP contribution is -2.07. The summed E-state index contributed by atoms with van der Waals surface area (Å²) in [7, 11) is 0. The lowest BCUT2D eigenvalue weighted by atomic mass is 10.0. The number of rotatable bonds is 6. The Morgan fingerprint density at radius 1 is 1.33 bits per heavy atom. The van der Waals surface area contributed by atoms with Crippen molar-refractivity contribution < 1.29 is 4.79 Å². The molecule has 0 saturated heterocycles. The lowest BCUT2D eigenvalue weighted by Gasteiger charge is -2.04. The summed E-state index contributed by atoms with van der Waals surface area (Å²) in [6.07, 6.45) is 11.8. The fourth-order valence-corrected chi connectivity index (χ4v) is 0.990. The molecule has 1 heteroatoms. The van der Waals surface area contributed by atoms with Crippen molar-refractivity contribution in [2.45, 2.75) is 27.2 Å². The Kier molecular flexibility index (Phi) is 7.25. The Labute approximate surface area is 92.9 Å². The van der Waals surface area contributed by atoms with E-state index in [1.54, 1.807) is 6.08 Å². The second-order valence-electron chi connectivity index (χ2n) is 3.66. The molecular weight excluding hydrogens is 184 g/mol. The first kappa shape index (κ1) is 13.6. The van der Waals surface area contributed by atoms with Gasteiger partial charge in [0.05, 0.1) is 0 Å². The van der Waals surface area contributed by atoms with Crippen LogP contribution >= 0.6 is 0 Å². The third-order valence-electron chi connectivity index (χ3n) is 1.97. The van der Waals surface area contributed by atoms with Crippen LogP contribution in [0.25, 0.3) is 0 Å². The summed E-state index contributed by atoms with van der Waals surface area (Å²) in [4.78, 5) is 11.6.